The van der Waals surface area contributed by atoms with Gasteiger partial charge in [0.25, 0.3) is 0 Å². The first-order valence-corrected chi connectivity index (χ1v) is 10.8. The van der Waals surface area contributed by atoms with Crippen molar-refractivity contribution in [2.45, 2.75) is 0 Å². The lowest BCUT2D eigenvalue weighted by Crippen LogP contribution is -2.29. The maximum atomic E-state index is 3.76. The summed E-state index contributed by atoms with van der Waals surface area (Å²) in [6.07, 6.45) is 0. The highest BCUT2D eigenvalue weighted by molar-refractivity contribution is 8.93. The molecule has 0 aliphatic carbocycles. The lowest BCUT2D eigenvalue weighted by Gasteiger charge is -2.21. The fourth-order valence-corrected chi connectivity index (χ4v) is 6.70. The largest absolute Gasteiger partial charge is 0.189 e. The Balaban J connectivity index is 0.00000225. The molecule has 0 saturated carbocycles. The Morgan fingerprint density at radius 3 is 1.11 bits per heavy atom. The van der Waals surface area contributed by atoms with Gasteiger partial charge in [0.1, 0.15) is 15.9 Å². The van der Waals surface area contributed by atoms with Crippen molar-refractivity contribution in [2.24, 2.45) is 0 Å². The van der Waals surface area contributed by atoms with Crippen molar-refractivity contribution in [1.82, 2.24) is 0 Å². The van der Waals surface area contributed by atoms with Crippen molar-refractivity contribution in [3.63, 3.8) is 0 Å². The van der Waals surface area contributed by atoms with Crippen LogP contribution in [0.4, 0.5) is 0 Å². The second-order valence-electron chi connectivity index (χ2n) is 6.28. The van der Waals surface area contributed by atoms with Gasteiger partial charge in [0.15, 0.2) is 7.26 Å². The van der Waals surface area contributed by atoms with Gasteiger partial charge in [-0.15, -0.1) is 17.0 Å². The van der Waals surface area contributed by atoms with E-state index in [-0.39, 0.29) is 17.0 Å². The lowest BCUT2D eigenvalue weighted by atomic mass is 10.2. The number of hydrogen-bond donors (Lipinski definition) is 0. The van der Waals surface area contributed by atoms with Crippen LogP contribution in [0, 0.1) is 11.6 Å². The fraction of sp³-hybridized carbons (Fsp3) is 0. The van der Waals surface area contributed by atoms with E-state index in [1.165, 1.54) is 15.9 Å². The van der Waals surface area contributed by atoms with Crippen LogP contribution < -0.4 is 15.9 Å². The van der Waals surface area contributed by atoms with Crippen molar-refractivity contribution in [1.29, 1.82) is 0 Å². The normalized spacial score (nSPS) is 10.3. The van der Waals surface area contributed by atoms with Crippen LogP contribution in [0.3, 0.4) is 0 Å². The van der Waals surface area contributed by atoms with Gasteiger partial charge in [0, 0.05) is 5.56 Å². The molecule has 0 atom stereocenters. The Bertz CT molecular complexity index is 954. The molecule has 28 heavy (non-hydrogen) atoms. The van der Waals surface area contributed by atoms with Crippen molar-refractivity contribution in [3.8, 4) is 11.6 Å². The third-order valence-electron chi connectivity index (χ3n) is 4.57. The minimum Gasteiger partial charge on any atom is -0.114 e. The monoisotopic (exact) mass is 443 g/mol. The van der Waals surface area contributed by atoms with Gasteiger partial charge in [-0.3, -0.25) is 0 Å². The fourth-order valence-electron chi connectivity index (χ4n) is 3.27. The third-order valence-corrected chi connectivity index (χ3v) is 8.24. The quantitative estimate of drug-likeness (QED) is 0.287. The molecule has 4 aromatic carbocycles. The summed E-state index contributed by atoms with van der Waals surface area (Å²) in [6, 6.07) is 42.4. The summed E-state index contributed by atoms with van der Waals surface area (Å²) < 4.78 is 0. The van der Waals surface area contributed by atoms with E-state index in [0.29, 0.717) is 0 Å². The molecule has 0 nitrogen and oxygen atoms in total. The van der Waals surface area contributed by atoms with Crippen molar-refractivity contribution in [3.05, 3.63) is 127 Å². The van der Waals surface area contributed by atoms with Crippen LogP contribution in [0.15, 0.2) is 121 Å². The second kappa shape index (κ2) is 9.52. The highest BCUT2D eigenvalue weighted by atomic mass is 79.9. The average Bonchev–Trinajstić information content (AvgIpc) is 2.77. The molecule has 0 fully saturated rings. The van der Waals surface area contributed by atoms with Crippen LogP contribution in [0.1, 0.15) is 5.56 Å². The summed E-state index contributed by atoms with van der Waals surface area (Å²) in [5, 5.41) is 3.85. The Kier molecular flexibility index (Phi) is 6.83. The molecule has 4 rings (SSSR count). The van der Waals surface area contributed by atoms with Gasteiger partial charge in [0.05, 0.1) is 5.66 Å². The van der Waals surface area contributed by atoms with Gasteiger partial charge in [-0.1, -0.05) is 72.8 Å². The molecule has 4 aromatic rings. The van der Waals surface area contributed by atoms with E-state index in [9.17, 15) is 0 Å². The smallest absolute Gasteiger partial charge is 0.114 e. The van der Waals surface area contributed by atoms with Gasteiger partial charge >= 0.3 is 0 Å². The molecule has 0 aliphatic rings. The van der Waals surface area contributed by atoms with Gasteiger partial charge in [-0.25, -0.2) is 0 Å². The molecular weight excluding hydrogens is 423 g/mol. The molecule has 0 radical (unpaired) electrons. The zero-order chi connectivity index (χ0) is 18.4. The molecule has 0 unspecified atom stereocenters. The highest BCUT2D eigenvalue weighted by Crippen LogP contribution is 2.54. The van der Waals surface area contributed by atoms with Crippen LogP contribution in [-0.2, 0) is 0 Å². The van der Waals surface area contributed by atoms with Crippen LogP contribution in [-0.4, -0.2) is 0 Å². The maximum absolute atomic E-state index is 3.76. The Morgan fingerprint density at radius 1 is 0.429 bits per heavy atom. The van der Waals surface area contributed by atoms with Crippen LogP contribution >= 0.6 is 24.2 Å². The van der Waals surface area contributed by atoms with Crippen LogP contribution in [0.5, 0.6) is 0 Å². The Hall–Kier alpha value is -2.65. The van der Waals surface area contributed by atoms with E-state index in [0.717, 1.165) is 5.56 Å². The molecule has 136 valence electrons. The summed E-state index contributed by atoms with van der Waals surface area (Å²) >= 11 is 0. The van der Waals surface area contributed by atoms with Crippen molar-refractivity contribution >= 4 is 40.2 Å². The minimum atomic E-state index is -2.08. The molecule has 0 heterocycles. The van der Waals surface area contributed by atoms with Gasteiger partial charge in [-0.05, 0) is 54.5 Å². The second-order valence-corrected chi connectivity index (χ2v) is 9.39. The minimum absolute atomic E-state index is 0. The van der Waals surface area contributed by atoms with E-state index in [1.807, 2.05) is 18.2 Å². The molecule has 0 spiro atoms. The zero-order valence-electron chi connectivity index (χ0n) is 15.4. The Labute approximate surface area is 178 Å². The van der Waals surface area contributed by atoms with Crippen molar-refractivity contribution < 1.29 is 0 Å². The lowest BCUT2D eigenvalue weighted by molar-refractivity contribution is 1.65. The van der Waals surface area contributed by atoms with E-state index < -0.39 is 7.26 Å². The summed E-state index contributed by atoms with van der Waals surface area (Å²) in [4.78, 5) is 0. The van der Waals surface area contributed by atoms with E-state index >= 15 is 0 Å². The van der Waals surface area contributed by atoms with Gasteiger partial charge in [-0.2, -0.15) is 0 Å². The third kappa shape index (κ3) is 4.10. The molecule has 0 bridgehead atoms. The Morgan fingerprint density at radius 2 is 0.750 bits per heavy atom. The van der Waals surface area contributed by atoms with Crippen molar-refractivity contribution in [2.75, 3.05) is 0 Å². The first kappa shape index (κ1) is 20.1. The predicted molar refractivity (Wildman–Crippen MR) is 129 cm³/mol. The van der Waals surface area contributed by atoms with Crippen LogP contribution in [0.2, 0.25) is 0 Å². The van der Waals surface area contributed by atoms with Gasteiger partial charge < -0.3 is 0 Å². The van der Waals surface area contributed by atoms with E-state index in [1.54, 1.807) is 0 Å². The summed E-state index contributed by atoms with van der Waals surface area (Å²) in [5.41, 5.74) is 4.81. The van der Waals surface area contributed by atoms with E-state index in [4.69, 9.17) is 0 Å². The number of halogens is 1. The summed E-state index contributed by atoms with van der Waals surface area (Å²) in [7, 11) is -2.08. The zero-order valence-corrected chi connectivity index (χ0v) is 18.0. The predicted octanol–water partition coefficient (Wildman–Crippen LogP) is 5.57. The standard InChI is InChI=1S/C26H20P.BrH/c1-5-13-23(14-6-1)21-22-27(24-15-7-2-8-16-24,25-17-9-3-10-18-25)26-19-11-4-12-20-26;/h1-20H;1H/q+1;. The molecular formula is C26H21BrP+. The first-order chi connectivity index (χ1) is 13.4. The number of rotatable bonds is 3. The molecule has 0 amide bonds. The summed E-state index contributed by atoms with van der Waals surface area (Å²) in [5.74, 6) is 3.48. The molecule has 0 N–H and O–H groups in total. The molecule has 2 heteroatoms. The molecule has 0 saturated heterocycles. The molecule has 0 aromatic heterocycles. The highest BCUT2D eigenvalue weighted by Gasteiger charge is 2.44. The number of hydrogen-bond acceptors (Lipinski definition) is 0. The topological polar surface area (TPSA) is 0 Å². The van der Waals surface area contributed by atoms with E-state index in [2.05, 4.69) is 115 Å². The maximum Gasteiger partial charge on any atom is 0.189 e. The molecule has 0 aliphatic heterocycles. The first-order valence-electron chi connectivity index (χ1n) is 9.04. The number of benzene rings is 4. The summed E-state index contributed by atoms with van der Waals surface area (Å²) in [6.45, 7) is 0. The average molecular weight is 444 g/mol. The SMILES string of the molecule is Br.C(#C[P+](c1ccccc1)(c1ccccc1)c1ccccc1)c1ccccc1. The van der Waals surface area contributed by atoms with Crippen LogP contribution in [0.25, 0.3) is 0 Å². The van der Waals surface area contributed by atoms with Gasteiger partial charge in [0.2, 0.25) is 0 Å².